The van der Waals surface area contributed by atoms with Crippen molar-refractivity contribution >= 4 is 5.97 Å². The Bertz CT molecular complexity index is 573. The van der Waals surface area contributed by atoms with Gasteiger partial charge < -0.3 is 14.4 Å². The van der Waals surface area contributed by atoms with Crippen molar-refractivity contribution in [1.29, 1.82) is 0 Å². The Hall–Kier alpha value is -2.14. The summed E-state index contributed by atoms with van der Waals surface area (Å²) in [5.74, 6) is 0.271. The van der Waals surface area contributed by atoms with Gasteiger partial charge in [0.1, 0.15) is 5.82 Å². The second-order valence-corrected chi connectivity index (χ2v) is 4.08. The first-order chi connectivity index (χ1) is 9.19. The molecule has 1 N–H and O–H groups in total. The minimum absolute atomic E-state index is 0.00983. The van der Waals surface area contributed by atoms with Crippen molar-refractivity contribution in [3.05, 3.63) is 41.7 Å². The lowest BCUT2D eigenvalue weighted by Crippen LogP contribution is -2.01. The molecule has 1 aromatic carbocycles. The first kappa shape index (κ1) is 13.3. The summed E-state index contributed by atoms with van der Waals surface area (Å²) in [4.78, 5) is 15.8. The van der Waals surface area contributed by atoms with Gasteiger partial charge in [0.2, 0.25) is 0 Å². The summed E-state index contributed by atoms with van der Waals surface area (Å²) in [5, 5.41) is 9.03. The van der Waals surface area contributed by atoms with Crippen LogP contribution in [0.2, 0.25) is 0 Å². The van der Waals surface area contributed by atoms with E-state index in [1.54, 1.807) is 6.20 Å². The number of hydrogen-bond donors (Lipinski definition) is 1. The number of ether oxygens (including phenoxy) is 1. The average Bonchev–Trinajstić information content (AvgIpc) is 2.90. The van der Waals surface area contributed by atoms with Crippen molar-refractivity contribution in [1.82, 2.24) is 9.55 Å². The highest BCUT2D eigenvalue weighted by atomic mass is 16.5. The fourth-order valence-electron chi connectivity index (χ4n) is 1.85. The van der Waals surface area contributed by atoms with Gasteiger partial charge in [-0.2, -0.15) is 0 Å². The van der Waals surface area contributed by atoms with E-state index >= 15 is 0 Å². The highest BCUT2D eigenvalue weighted by Crippen LogP contribution is 2.20. The summed E-state index contributed by atoms with van der Waals surface area (Å²) < 4.78 is 6.56. The van der Waals surface area contributed by atoms with E-state index in [9.17, 15) is 4.79 Å². The van der Waals surface area contributed by atoms with Gasteiger partial charge in [0.25, 0.3) is 0 Å². The number of rotatable bonds is 4. The molecule has 0 aliphatic carbocycles. The number of imidazole rings is 1. The van der Waals surface area contributed by atoms with Crippen molar-refractivity contribution < 1.29 is 14.6 Å². The van der Waals surface area contributed by atoms with Crippen LogP contribution >= 0.6 is 0 Å². The van der Waals surface area contributed by atoms with Crippen LogP contribution in [-0.2, 0) is 17.9 Å². The Morgan fingerprint density at radius 3 is 2.58 bits per heavy atom. The third-order valence-electron chi connectivity index (χ3n) is 2.91. The number of benzene rings is 1. The highest BCUT2D eigenvalue weighted by molar-refractivity contribution is 5.87. The largest absolute Gasteiger partial charge is 0.464 e. The van der Waals surface area contributed by atoms with Crippen molar-refractivity contribution in [2.45, 2.75) is 20.1 Å². The lowest BCUT2D eigenvalue weighted by molar-refractivity contribution is 0.0594. The summed E-state index contributed by atoms with van der Waals surface area (Å²) in [6.45, 7) is 2.70. The Morgan fingerprint density at radius 2 is 2.05 bits per heavy atom. The molecule has 0 aliphatic rings. The van der Waals surface area contributed by atoms with Gasteiger partial charge in [-0.25, -0.2) is 9.78 Å². The van der Waals surface area contributed by atoms with E-state index in [1.165, 1.54) is 7.11 Å². The fraction of sp³-hybridized carbons (Fsp3) is 0.286. The molecule has 1 heterocycles. The highest BCUT2D eigenvalue weighted by Gasteiger charge is 2.15. The number of methoxy groups -OCH3 is 1. The molecule has 100 valence electrons. The van der Waals surface area contributed by atoms with Gasteiger partial charge in [0, 0.05) is 18.3 Å². The van der Waals surface area contributed by atoms with Crippen LogP contribution in [0.4, 0.5) is 0 Å². The van der Waals surface area contributed by atoms with Crippen molar-refractivity contribution in [3.8, 4) is 11.4 Å². The van der Waals surface area contributed by atoms with Crippen LogP contribution in [0.25, 0.3) is 11.4 Å². The third kappa shape index (κ3) is 2.66. The van der Waals surface area contributed by atoms with Crippen LogP contribution < -0.4 is 0 Å². The van der Waals surface area contributed by atoms with Gasteiger partial charge in [-0.1, -0.05) is 24.3 Å². The molecule has 0 amide bonds. The van der Waals surface area contributed by atoms with E-state index < -0.39 is 5.97 Å². The van der Waals surface area contributed by atoms with Crippen molar-refractivity contribution in [2.24, 2.45) is 0 Å². The van der Waals surface area contributed by atoms with Gasteiger partial charge in [0.15, 0.2) is 5.69 Å². The number of hydrogen-bond acceptors (Lipinski definition) is 4. The molecule has 0 aliphatic heterocycles. The molecule has 5 nitrogen and oxygen atoms in total. The minimum Gasteiger partial charge on any atom is -0.464 e. The van der Waals surface area contributed by atoms with Crippen LogP contribution in [0.1, 0.15) is 23.0 Å². The maximum atomic E-state index is 11.5. The Kier molecular flexibility index (Phi) is 3.97. The molecule has 5 heteroatoms. The van der Waals surface area contributed by atoms with Gasteiger partial charge in [-0.05, 0) is 12.5 Å². The zero-order valence-electron chi connectivity index (χ0n) is 11.0. The van der Waals surface area contributed by atoms with E-state index in [0.717, 1.165) is 11.1 Å². The smallest absolute Gasteiger partial charge is 0.358 e. The van der Waals surface area contributed by atoms with Crippen molar-refractivity contribution in [2.75, 3.05) is 7.11 Å². The summed E-state index contributed by atoms with van der Waals surface area (Å²) in [5.41, 5.74) is 2.03. The minimum atomic E-state index is -0.444. The quantitative estimate of drug-likeness (QED) is 0.852. The molecule has 0 atom stereocenters. The predicted molar refractivity (Wildman–Crippen MR) is 70.6 cm³/mol. The van der Waals surface area contributed by atoms with Crippen LogP contribution in [0.3, 0.4) is 0 Å². The summed E-state index contributed by atoms with van der Waals surface area (Å²) in [6, 6.07) is 7.42. The van der Waals surface area contributed by atoms with E-state index in [4.69, 9.17) is 5.11 Å². The number of esters is 1. The Balaban J connectivity index is 2.42. The summed E-state index contributed by atoms with van der Waals surface area (Å²) in [7, 11) is 1.34. The van der Waals surface area contributed by atoms with Crippen LogP contribution in [-0.4, -0.2) is 27.7 Å². The molecule has 0 saturated carbocycles. The molecule has 0 saturated heterocycles. The van der Waals surface area contributed by atoms with E-state index in [-0.39, 0.29) is 6.61 Å². The SMILES string of the molecule is CCn1cc(C(=O)OC)nc1-c1ccc(CO)cc1. The molecule has 1 aromatic heterocycles. The van der Waals surface area contributed by atoms with E-state index in [2.05, 4.69) is 9.72 Å². The number of carbonyl (C=O) groups is 1. The second-order valence-electron chi connectivity index (χ2n) is 4.08. The standard InChI is InChI=1S/C14H16N2O3/c1-3-16-8-12(14(18)19-2)15-13(16)11-6-4-10(9-17)5-7-11/h4-8,17H,3,9H2,1-2H3. The van der Waals surface area contributed by atoms with Gasteiger partial charge in [0.05, 0.1) is 13.7 Å². The van der Waals surface area contributed by atoms with Crippen LogP contribution in [0, 0.1) is 0 Å². The lowest BCUT2D eigenvalue weighted by Gasteiger charge is -2.04. The monoisotopic (exact) mass is 260 g/mol. The van der Waals surface area contributed by atoms with Gasteiger partial charge in [-0.3, -0.25) is 0 Å². The molecule has 2 aromatic rings. The molecule has 0 unspecified atom stereocenters. The molecule has 19 heavy (non-hydrogen) atoms. The second kappa shape index (κ2) is 5.67. The predicted octanol–water partition coefficient (Wildman–Crippen LogP) is 1.85. The Morgan fingerprint density at radius 1 is 1.37 bits per heavy atom. The zero-order valence-corrected chi connectivity index (χ0v) is 11.0. The summed E-state index contributed by atoms with van der Waals surface area (Å²) >= 11 is 0. The topological polar surface area (TPSA) is 64.4 Å². The number of nitrogens with zero attached hydrogens (tertiary/aromatic N) is 2. The van der Waals surface area contributed by atoms with E-state index in [1.807, 2.05) is 35.8 Å². The number of aliphatic hydroxyl groups is 1. The first-order valence-corrected chi connectivity index (χ1v) is 6.05. The first-order valence-electron chi connectivity index (χ1n) is 6.05. The molecule has 0 spiro atoms. The van der Waals surface area contributed by atoms with Gasteiger partial charge >= 0.3 is 5.97 Å². The van der Waals surface area contributed by atoms with Crippen LogP contribution in [0.15, 0.2) is 30.5 Å². The Labute approximate surface area is 111 Å². The average molecular weight is 260 g/mol. The number of aliphatic hydroxyl groups excluding tert-OH is 1. The number of carbonyl (C=O) groups excluding carboxylic acids is 1. The molecule has 0 radical (unpaired) electrons. The molecule has 2 rings (SSSR count). The van der Waals surface area contributed by atoms with Crippen molar-refractivity contribution in [3.63, 3.8) is 0 Å². The molecular formula is C14H16N2O3. The van der Waals surface area contributed by atoms with Gasteiger partial charge in [-0.15, -0.1) is 0 Å². The van der Waals surface area contributed by atoms with E-state index in [0.29, 0.717) is 18.1 Å². The number of aromatic nitrogens is 2. The maximum absolute atomic E-state index is 11.5. The molecular weight excluding hydrogens is 244 g/mol. The molecule has 0 fully saturated rings. The summed E-state index contributed by atoms with van der Waals surface area (Å²) in [6.07, 6.45) is 1.68. The number of aryl methyl sites for hydroxylation is 1. The third-order valence-corrected chi connectivity index (χ3v) is 2.91. The molecule has 0 bridgehead atoms. The maximum Gasteiger partial charge on any atom is 0.358 e. The zero-order chi connectivity index (χ0) is 13.8. The lowest BCUT2D eigenvalue weighted by atomic mass is 10.1. The fourth-order valence-corrected chi connectivity index (χ4v) is 1.85. The normalized spacial score (nSPS) is 10.5. The van der Waals surface area contributed by atoms with Crippen LogP contribution in [0.5, 0.6) is 0 Å².